The second-order valence-corrected chi connectivity index (χ2v) is 5.79. The predicted molar refractivity (Wildman–Crippen MR) is 82.6 cm³/mol. The Morgan fingerprint density at radius 3 is 2.45 bits per heavy atom. The lowest BCUT2D eigenvalue weighted by Crippen LogP contribution is -2.25. The monoisotopic (exact) mass is 266 g/mol. The van der Waals surface area contributed by atoms with Gasteiger partial charge in [0.25, 0.3) is 0 Å². The highest BCUT2D eigenvalue weighted by molar-refractivity contribution is 5.25. The normalized spacial score (nSPS) is 16.1. The van der Waals surface area contributed by atoms with Crippen molar-refractivity contribution < 1.29 is 0 Å². The van der Waals surface area contributed by atoms with Gasteiger partial charge in [-0.15, -0.1) is 0 Å². The van der Waals surface area contributed by atoms with Crippen molar-refractivity contribution in [1.29, 1.82) is 0 Å². The van der Waals surface area contributed by atoms with E-state index < -0.39 is 0 Å². The second kappa shape index (κ2) is 6.19. The van der Waals surface area contributed by atoms with Crippen molar-refractivity contribution in [2.45, 2.75) is 32.2 Å². The molecular formula is C18H22N2. The van der Waals surface area contributed by atoms with Gasteiger partial charge < -0.3 is 5.32 Å². The lowest BCUT2D eigenvalue weighted by atomic mass is 10.0. The van der Waals surface area contributed by atoms with Crippen LogP contribution in [0.3, 0.4) is 0 Å². The summed E-state index contributed by atoms with van der Waals surface area (Å²) in [7, 11) is 0. The second-order valence-electron chi connectivity index (χ2n) is 5.79. The molecule has 2 nitrogen and oxygen atoms in total. The van der Waals surface area contributed by atoms with Crippen LogP contribution in [0.2, 0.25) is 0 Å². The van der Waals surface area contributed by atoms with Crippen LogP contribution in [0.4, 0.5) is 0 Å². The van der Waals surface area contributed by atoms with Gasteiger partial charge in [-0.2, -0.15) is 0 Å². The van der Waals surface area contributed by atoms with E-state index in [-0.39, 0.29) is 0 Å². The number of aromatic nitrogens is 1. The molecule has 2 heteroatoms. The summed E-state index contributed by atoms with van der Waals surface area (Å²) in [5.41, 5.74) is 4.12. The van der Waals surface area contributed by atoms with Crippen LogP contribution < -0.4 is 5.32 Å². The molecule has 0 bridgehead atoms. The zero-order valence-corrected chi connectivity index (χ0v) is 12.0. The molecule has 1 N–H and O–H groups in total. The molecule has 1 unspecified atom stereocenters. The zero-order valence-electron chi connectivity index (χ0n) is 12.0. The average Bonchev–Trinajstić information content (AvgIpc) is 3.31. The molecule has 1 aliphatic carbocycles. The van der Waals surface area contributed by atoms with E-state index in [1.54, 1.807) is 0 Å². The van der Waals surface area contributed by atoms with Gasteiger partial charge >= 0.3 is 0 Å². The number of pyridine rings is 1. The Balaban J connectivity index is 1.59. The predicted octanol–water partition coefficient (Wildman–Crippen LogP) is 3.67. The summed E-state index contributed by atoms with van der Waals surface area (Å²) in [5, 5.41) is 3.75. The fourth-order valence-electron chi connectivity index (χ4n) is 2.68. The highest BCUT2D eigenvalue weighted by Crippen LogP contribution is 2.40. The van der Waals surface area contributed by atoms with Gasteiger partial charge in [-0.1, -0.05) is 29.8 Å². The molecule has 2 aromatic rings. The van der Waals surface area contributed by atoms with Crippen molar-refractivity contribution in [3.05, 3.63) is 65.5 Å². The minimum Gasteiger partial charge on any atom is -0.309 e. The molecule has 1 fully saturated rings. The van der Waals surface area contributed by atoms with Crippen molar-refractivity contribution in [2.24, 2.45) is 5.92 Å². The molecule has 3 rings (SSSR count). The van der Waals surface area contributed by atoms with E-state index in [1.165, 1.54) is 29.5 Å². The van der Waals surface area contributed by atoms with Crippen LogP contribution >= 0.6 is 0 Å². The first-order valence-electron chi connectivity index (χ1n) is 7.52. The Morgan fingerprint density at radius 2 is 1.80 bits per heavy atom. The van der Waals surface area contributed by atoms with Crippen LogP contribution in [-0.4, -0.2) is 11.5 Å². The smallest absolute Gasteiger partial charge is 0.0348 e. The third-order valence-electron chi connectivity index (χ3n) is 4.06. The minimum absolute atomic E-state index is 0.525. The average molecular weight is 266 g/mol. The van der Waals surface area contributed by atoms with Gasteiger partial charge in [0.15, 0.2) is 0 Å². The Bertz CT molecular complexity index is 529. The van der Waals surface area contributed by atoms with Crippen molar-refractivity contribution in [3.8, 4) is 0 Å². The van der Waals surface area contributed by atoms with Gasteiger partial charge in [0.2, 0.25) is 0 Å². The van der Waals surface area contributed by atoms with E-state index in [1.807, 2.05) is 12.4 Å². The van der Waals surface area contributed by atoms with E-state index in [9.17, 15) is 0 Å². The maximum absolute atomic E-state index is 4.06. The van der Waals surface area contributed by atoms with E-state index in [0.29, 0.717) is 6.04 Å². The number of hydrogen-bond donors (Lipinski definition) is 1. The quantitative estimate of drug-likeness (QED) is 0.863. The number of hydrogen-bond acceptors (Lipinski definition) is 2. The lowest BCUT2D eigenvalue weighted by Gasteiger charge is -2.19. The number of aryl methyl sites for hydroxylation is 1. The number of nitrogens with one attached hydrogen (secondary N) is 1. The topological polar surface area (TPSA) is 24.9 Å². The van der Waals surface area contributed by atoms with Crippen LogP contribution in [0.1, 0.15) is 35.6 Å². The molecule has 1 heterocycles. The number of rotatable bonds is 6. The summed E-state index contributed by atoms with van der Waals surface area (Å²) < 4.78 is 0. The van der Waals surface area contributed by atoms with Crippen LogP contribution in [-0.2, 0) is 6.42 Å². The van der Waals surface area contributed by atoms with Crippen LogP contribution in [0.25, 0.3) is 0 Å². The van der Waals surface area contributed by atoms with E-state index in [2.05, 4.69) is 53.6 Å². The minimum atomic E-state index is 0.525. The Morgan fingerprint density at radius 1 is 1.10 bits per heavy atom. The molecule has 1 aromatic heterocycles. The molecule has 20 heavy (non-hydrogen) atoms. The standard InChI is InChI=1S/C18H22N2/c1-14-2-4-16(5-3-14)18(17-6-7-17)20-13-10-15-8-11-19-12-9-15/h2-5,8-9,11-12,17-18,20H,6-7,10,13H2,1H3. The third-order valence-corrected chi connectivity index (χ3v) is 4.06. The van der Waals surface area contributed by atoms with Crippen LogP contribution in [0.15, 0.2) is 48.8 Å². The molecule has 0 spiro atoms. The Hall–Kier alpha value is -1.67. The Labute approximate surface area is 121 Å². The maximum atomic E-state index is 4.06. The molecule has 0 amide bonds. The maximum Gasteiger partial charge on any atom is 0.0348 e. The highest BCUT2D eigenvalue weighted by atomic mass is 14.9. The van der Waals surface area contributed by atoms with Crippen molar-refractivity contribution in [3.63, 3.8) is 0 Å². The van der Waals surface area contributed by atoms with Crippen LogP contribution in [0, 0.1) is 12.8 Å². The molecule has 1 aromatic carbocycles. The summed E-state index contributed by atoms with van der Waals surface area (Å²) in [4.78, 5) is 4.06. The molecule has 0 aliphatic heterocycles. The van der Waals surface area contributed by atoms with Gasteiger partial charge in [-0.25, -0.2) is 0 Å². The zero-order chi connectivity index (χ0) is 13.8. The molecule has 1 saturated carbocycles. The van der Waals surface area contributed by atoms with E-state index >= 15 is 0 Å². The molecule has 1 aliphatic rings. The van der Waals surface area contributed by atoms with Crippen LogP contribution in [0.5, 0.6) is 0 Å². The summed E-state index contributed by atoms with van der Waals surface area (Å²) in [6, 6.07) is 13.7. The third kappa shape index (κ3) is 3.45. The van der Waals surface area contributed by atoms with Crippen molar-refractivity contribution in [2.75, 3.05) is 6.54 Å². The van der Waals surface area contributed by atoms with Gasteiger partial charge in [0.1, 0.15) is 0 Å². The molecular weight excluding hydrogens is 244 g/mol. The van der Waals surface area contributed by atoms with Crippen molar-refractivity contribution >= 4 is 0 Å². The SMILES string of the molecule is Cc1ccc(C(NCCc2ccncc2)C2CC2)cc1. The Kier molecular flexibility index (Phi) is 4.12. The first kappa shape index (κ1) is 13.3. The summed E-state index contributed by atoms with van der Waals surface area (Å²) in [6.45, 7) is 3.17. The molecule has 1 atom stereocenters. The van der Waals surface area contributed by atoms with E-state index in [4.69, 9.17) is 0 Å². The van der Waals surface area contributed by atoms with Gasteiger partial charge in [-0.3, -0.25) is 4.98 Å². The fraction of sp³-hybridized carbons (Fsp3) is 0.389. The first-order chi connectivity index (χ1) is 9.83. The summed E-state index contributed by atoms with van der Waals surface area (Å²) >= 11 is 0. The number of nitrogens with zero attached hydrogens (tertiary/aromatic N) is 1. The van der Waals surface area contributed by atoms with Crippen molar-refractivity contribution in [1.82, 2.24) is 10.3 Å². The molecule has 0 saturated heterocycles. The molecule has 0 radical (unpaired) electrons. The van der Waals surface area contributed by atoms with Gasteiger partial charge in [-0.05, 0) is 61.9 Å². The largest absolute Gasteiger partial charge is 0.309 e. The fourth-order valence-corrected chi connectivity index (χ4v) is 2.68. The first-order valence-corrected chi connectivity index (χ1v) is 7.52. The lowest BCUT2D eigenvalue weighted by molar-refractivity contribution is 0.484. The van der Waals surface area contributed by atoms with E-state index in [0.717, 1.165) is 18.9 Å². The summed E-state index contributed by atoms with van der Waals surface area (Å²) in [5.74, 6) is 0.829. The van der Waals surface area contributed by atoms with Gasteiger partial charge in [0.05, 0.1) is 0 Å². The highest BCUT2D eigenvalue weighted by Gasteiger charge is 2.31. The summed E-state index contributed by atoms with van der Waals surface area (Å²) in [6.07, 6.45) is 7.53. The number of benzene rings is 1. The van der Waals surface area contributed by atoms with Gasteiger partial charge in [0, 0.05) is 18.4 Å². The molecule has 104 valence electrons.